The van der Waals surface area contributed by atoms with E-state index in [4.69, 9.17) is 0 Å². The second kappa shape index (κ2) is 15.5. The van der Waals surface area contributed by atoms with Gasteiger partial charge < -0.3 is 14.9 Å². The first-order valence-corrected chi connectivity index (χ1v) is 6.28. The van der Waals surface area contributed by atoms with Crippen LogP contribution in [-0.2, 0) is 34.6 Å². The second-order valence-corrected chi connectivity index (χ2v) is 4.09. The minimum Gasteiger partial charge on any atom is -0.358 e. The monoisotopic (exact) mass is 292 g/mol. The van der Waals surface area contributed by atoms with E-state index in [1.165, 1.54) is 36.8 Å². The SMILES string of the molecule is CCC[c-]1cccc1.CCC[c-]1cccc1.[CH3-].[CH3-].[Ti+4]. The third-order valence-electron chi connectivity index (χ3n) is 2.54. The maximum Gasteiger partial charge on any atom is 4.00 e. The van der Waals surface area contributed by atoms with Crippen molar-refractivity contribution in [2.45, 2.75) is 39.5 Å². The molecule has 0 amide bonds. The van der Waals surface area contributed by atoms with Crippen LogP contribution in [0.1, 0.15) is 37.8 Å². The Morgan fingerprint density at radius 1 is 0.632 bits per heavy atom. The van der Waals surface area contributed by atoms with Crippen LogP contribution in [0.2, 0.25) is 0 Å². The van der Waals surface area contributed by atoms with Crippen molar-refractivity contribution in [3.8, 4) is 0 Å². The number of rotatable bonds is 4. The van der Waals surface area contributed by atoms with Gasteiger partial charge in [0.15, 0.2) is 0 Å². The molecule has 2 aromatic carbocycles. The molecular formula is C18H28Ti. The smallest absolute Gasteiger partial charge is 0.358 e. The standard InChI is InChI=1S/2C8H11.2CH3.Ti/c2*1-2-5-8-6-3-4-7-8;;;/h2*3-4,6-7H,2,5H2,1H3;2*1H3;/q4*-1;+4. The average Bonchev–Trinajstić information content (AvgIpc) is 2.92. The van der Waals surface area contributed by atoms with Gasteiger partial charge in [-0.3, -0.25) is 0 Å². The third-order valence-corrected chi connectivity index (χ3v) is 2.54. The second-order valence-electron chi connectivity index (χ2n) is 4.09. The predicted octanol–water partition coefficient (Wildman–Crippen LogP) is 5.61. The van der Waals surface area contributed by atoms with Crippen LogP contribution in [-0.4, -0.2) is 0 Å². The Hall–Kier alpha value is -0.586. The molecule has 1 heteroatoms. The largest absolute Gasteiger partial charge is 4.00 e. The molecule has 0 bridgehead atoms. The molecule has 0 aliphatic carbocycles. The fourth-order valence-corrected chi connectivity index (χ4v) is 1.74. The molecule has 2 aromatic rings. The van der Waals surface area contributed by atoms with E-state index in [2.05, 4.69) is 62.4 Å². The predicted molar refractivity (Wildman–Crippen MR) is 84.9 cm³/mol. The molecule has 0 aromatic heterocycles. The van der Waals surface area contributed by atoms with Crippen LogP contribution in [0.4, 0.5) is 0 Å². The molecule has 0 spiro atoms. The van der Waals surface area contributed by atoms with Crippen LogP contribution in [0, 0.1) is 14.9 Å². The summed E-state index contributed by atoms with van der Waals surface area (Å²) in [5.41, 5.74) is 2.93. The fraction of sp³-hybridized carbons (Fsp3) is 0.333. The van der Waals surface area contributed by atoms with Crippen molar-refractivity contribution < 1.29 is 21.7 Å². The molecule has 0 aliphatic heterocycles. The van der Waals surface area contributed by atoms with Crippen LogP contribution in [0.3, 0.4) is 0 Å². The summed E-state index contributed by atoms with van der Waals surface area (Å²) in [5, 5.41) is 0. The van der Waals surface area contributed by atoms with E-state index < -0.39 is 0 Å². The topological polar surface area (TPSA) is 0 Å². The van der Waals surface area contributed by atoms with Crippen molar-refractivity contribution in [3.05, 3.63) is 74.5 Å². The normalized spacial score (nSPS) is 8.11. The van der Waals surface area contributed by atoms with Gasteiger partial charge in [0.2, 0.25) is 0 Å². The molecule has 0 unspecified atom stereocenters. The van der Waals surface area contributed by atoms with Gasteiger partial charge >= 0.3 is 21.7 Å². The van der Waals surface area contributed by atoms with E-state index >= 15 is 0 Å². The molecule has 104 valence electrons. The molecular weight excluding hydrogens is 264 g/mol. The van der Waals surface area contributed by atoms with Crippen molar-refractivity contribution >= 4 is 0 Å². The van der Waals surface area contributed by atoms with Gasteiger partial charge in [0, 0.05) is 0 Å². The number of hydrogen-bond donors (Lipinski definition) is 0. The van der Waals surface area contributed by atoms with Gasteiger partial charge in [-0.15, -0.1) is 0 Å². The van der Waals surface area contributed by atoms with Gasteiger partial charge in [0.05, 0.1) is 0 Å². The molecule has 19 heavy (non-hydrogen) atoms. The van der Waals surface area contributed by atoms with Crippen molar-refractivity contribution in [2.24, 2.45) is 0 Å². The summed E-state index contributed by atoms with van der Waals surface area (Å²) >= 11 is 0. The minimum absolute atomic E-state index is 0. The molecule has 0 saturated heterocycles. The zero-order valence-electron chi connectivity index (χ0n) is 12.9. The Bertz CT molecular complexity index is 293. The molecule has 0 aliphatic rings. The van der Waals surface area contributed by atoms with Gasteiger partial charge in [-0.2, -0.15) is 35.4 Å². The molecule has 0 radical (unpaired) electrons. The molecule has 0 fully saturated rings. The van der Waals surface area contributed by atoms with Gasteiger partial charge in [0.25, 0.3) is 0 Å². The number of aryl methyl sites for hydroxylation is 2. The summed E-state index contributed by atoms with van der Waals surface area (Å²) in [5.74, 6) is 0. The molecule has 0 heterocycles. The summed E-state index contributed by atoms with van der Waals surface area (Å²) in [6.45, 7) is 4.40. The maximum absolute atomic E-state index is 2.20. The van der Waals surface area contributed by atoms with Crippen LogP contribution >= 0.6 is 0 Å². The van der Waals surface area contributed by atoms with E-state index in [1.807, 2.05) is 0 Å². The first kappa shape index (κ1) is 23.5. The Morgan fingerprint density at radius 3 is 1.11 bits per heavy atom. The van der Waals surface area contributed by atoms with Gasteiger partial charge in [-0.25, -0.2) is 24.3 Å². The first-order chi connectivity index (χ1) is 7.86. The molecule has 0 nitrogen and oxygen atoms in total. The Morgan fingerprint density at radius 2 is 0.895 bits per heavy atom. The number of hydrogen-bond acceptors (Lipinski definition) is 0. The Labute approximate surface area is 135 Å². The van der Waals surface area contributed by atoms with Gasteiger partial charge in [-0.05, 0) is 0 Å². The molecule has 0 saturated carbocycles. The van der Waals surface area contributed by atoms with E-state index in [-0.39, 0.29) is 36.6 Å². The third kappa shape index (κ3) is 11.0. The van der Waals surface area contributed by atoms with E-state index in [0.717, 1.165) is 0 Å². The zero-order valence-corrected chi connectivity index (χ0v) is 14.5. The van der Waals surface area contributed by atoms with Gasteiger partial charge in [0.1, 0.15) is 0 Å². The summed E-state index contributed by atoms with van der Waals surface area (Å²) in [7, 11) is 0. The van der Waals surface area contributed by atoms with Crippen LogP contribution in [0.25, 0.3) is 0 Å². The van der Waals surface area contributed by atoms with Crippen molar-refractivity contribution in [1.29, 1.82) is 0 Å². The molecule has 2 rings (SSSR count). The van der Waals surface area contributed by atoms with Crippen LogP contribution in [0.5, 0.6) is 0 Å². The Kier molecular flexibility index (Phi) is 19.1. The first-order valence-electron chi connectivity index (χ1n) is 6.28. The zero-order chi connectivity index (χ0) is 11.6. The average molecular weight is 292 g/mol. The van der Waals surface area contributed by atoms with Crippen molar-refractivity contribution in [2.75, 3.05) is 0 Å². The summed E-state index contributed by atoms with van der Waals surface area (Å²) in [6.07, 6.45) is 4.97. The van der Waals surface area contributed by atoms with Crippen LogP contribution in [0.15, 0.2) is 48.5 Å². The van der Waals surface area contributed by atoms with E-state index in [0.29, 0.717) is 0 Å². The quantitative estimate of drug-likeness (QED) is 0.507. The fourth-order valence-electron chi connectivity index (χ4n) is 1.74. The van der Waals surface area contributed by atoms with Crippen LogP contribution < -0.4 is 0 Å². The molecule has 0 atom stereocenters. The van der Waals surface area contributed by atoms with E-state index in [1.54, 1.807) is 0 Å². The molecule has 0 N–H and O–H groups in total. The van der Waals surface area contributed by atoms with E-state index in [9.17, 15) is 0 Å². The summed E-state index contributed by atoms with van der Waals surface area (Å²) in [6, 6.07) is 17.0. The van der Waals surface area contributed by atoms with Gasteiger partial charge in [-0.1, -0.05) is 39.5 Å². The minimum atomic E-state index is 0. The van der Waals surface area contributed by atoms with Crippen molar-refractivity contribution in [1.82, 2.24) is 0 Å². The maximum atomic E-state index is 2.20. The summed E-state index contributed by atoms with van der Waals surface area (Å²) in [4.78, 5) is 0. The van der Waals surface area contributed by atoms with Crippen molar-refractivity contribution in [3.63, 3.8) is 0 Å². The summed E-state index contributed by atoms with van der Waals surface area (Å²) < 4.78 is 0. The Balaban J connectivity index is -0.000000233.